The molecule has 25 heavy (non-hydrogen) atoms. The first-order valence-corrected chi connectivity index (χ1v) is 8.85. The van der Waals surface area contributed by atoms with Crippen molar-refractivity contribution in [3.8, 4) is 5.75 Å². The molecular formula is C17H19ClN2O4S. The van der Waals surface area contributed by atoms with Crippen molar-refractivity contribution in [3.05, 3.63) is 44.9 Å². The fourth-order valence-corrected chi connectivity index (χ4v) is 3.13. The topological polar surface area (TPSA) is 88.5 Å². The minimum absolute atomic E-state index is 0.215. The average Bonchev–Trinajstić information content (AvgIpc) is 2.92. The van der Waals surface area contributed by atoms with Crippen LogP contribution in [-0.4, -0.2) is 28.0 Å². The maximum absolute atomic E-state index is 12.4. The second-order valence-electron chi connectivity index (χ2n) is 5.80. The first-order chi connectivity index (χ1) is 11.8. The van der Waals surface area contributed by atoms with Crippen molar-refractivity contribution in [1.82, 2.24) is 10.3 Å². The van der Waals surface area contributed by atoms with E-state index in [0.717, 1.165) is 0 Å². The molecule has 0 spiro atoms. The van der Waals surface area contributed by atoms with Gasteiger partial charge in [0.05, 0.1) is 5.69 Å². The Morgan fingerprint density at radius 2 is 1.96 bits per heavy atom. The molecule has 1 heterocycles. The lowest BCUT2D eigenvalue weighted by Crippen LogP contribution is -2.44. The number of carboxylic acids is 1. The molecule has 1 atom stereocenters. The number of carbonyl (C=O) groups is 2. The molecular weight excluding hydrogens is 364 g/mol. The van der Waals surface area contributed by atoms with Crippen molar-refractivity contribution in [2.75, 3.05) is 0 Å². The van der Waals surface area contributed by atoms with E-state index in [4.69, 9.17) is 16.3 Å². The van der Waals surface area contributed by atoms with Gasteiger partial charge in [-0.05, 0) is 37.1 Å². The van der Waals surface area contributed by atoms with Crippen molar-refractivity contribution in [2.24, 2.45) is 5.92 Å². The summed E-state index contributed by atoms with van der Waals surface area (Å²) in [5.74, 6) is -1.07. The van der Waals surface area contributed by atoms with Crippen LogP contribution in [0.3, 0.4) is 0 Å². The summed E-state index contributed by atoms with van der Waals surface area (Å²) < 4.78 is 5.62. The Bertz CT molecular complexity index is 759. The summed E-state index contributed by atoms with van der Waals surface area (Å²) in [5.41, 5.74) is 0.546. The SMILES string of the molecule is Cc1nc(COc2ccc(Cl)cc2)sc1C(=O)NC(C(=O)O)C(C)C. The van der Waals surface area contributed by atoms with Gasteiger partial charge in [0.2, 0.25) is 0 Å². The number of rotatable bonds is 7. The molecule has 0 bridgehead atoms. The molecule has 2 N–H and O–H groups in total. The normalized spacial score (nSPS) is 12.0. The molecule has 2 aromatic rings. The van der Waals surface area contributed by atoms with Crippen LogP contribution < -0.4 is 10.1 Å². The van der Waals surface area contributed by atoms with Gasteiger partial charge in [-0.1, -0.05) is 25.4 Å². The lowest BCUT2D eigenvalue weighted by molar-refractivity contribution is -0.140. The Hall–Kier alpha value is -2.12. The molecule has 8 heteroatoms. The predicted molar refractivity (Wildman–Crippen MR) is 96.4 cm³/mol. The molecule has 0 saturated heterocycles. The van der Waals surface area contributed by atoms with Crippen LogP contribution in [0.5, 0.6) is 5.75 Å². The lowest BCUT2D eigenvalue weighted by atomic mass is 10.0. The van der Waals surface area contributed by atoms with E-state index in [1.165, 1.54) is 11.3 Å². The fourth-order valence-electron chi connectivity index (χ4n) is 2.12. The minimum Gasteiger partial charge on any atom is -0.486 e. The molecule has 1 aromatic carbocycles. The summed E-state index contributed by atoms with van der Waals surface area (Å²) >= 11 is 7.01. The van der Waals surface area contributed by atoms with Gasteiger partial charge in [0, 0.05) is 5.02 Å². The number of ether oxygens (including phenoxy) is 1. The van der Waals surface area contributed by atoms with Gasteiger partial charge >= 0.3 is 5.97 Å². The van der Waals surface area contributed by atoms with Crippen molar-refractivity contribution >= 4 is 34.8 Å². The van der Waals surface area contributed by atoms with E-state index in [1.807, 2.05) is 0 Å². The molecule has 134 valence electrons. The molecule has 0 aliphatic rings. The van der Waals surface area contributed by atoms with Crippen LogP contribution >= 0.6 is 22.9 Å². The molecule has 2 rings (SSSR count). The van der Waals surface area contributed by atoms with Gasteiger partial charge in [-0.3, -0.25) is 4.79 Å². The number of amides is 1. The Labute approximate surface area is 154 Å². The zero-order chi connectivity index (χ0) is 18.6. The van der Waals surface area contributed by atoms with Crippen LogP contribution in [0.15, 0.2) is 24.3 Å². The number of carbonyl (C=O) groups excluding carboxylic acids is 1. The van der Waals surface area contributed by atoms with Crippen molar-refractivity contribution in [1.29, 1.82) is 0 Å². The summed E-state index contributed by atoms with van der Waals surface area (Å²) in [4.78, 5) is 28.3. The monoisotopic (exact) mass is 382 g/mol. The van der Waals surface area contributed by atoms with Crippen molar-refractivity contribution in [2.45, 2.75) is 33.4 Å². The molecule has 0 fully saturated rings. The van der Waals surface area contributed by atoms with E-state index in [0.29, 0.717) is 26.4 Å². The third-order valence-corrected chi connectivity index (χ3v) is 4.82. The number of aromatic nitrogens is 1. The molecule has 0 saturated carbocycles. The lowest BCUT2D eigenvalue weighted by Gasteiger charge is -2.17. The maximum Gasteiger partial charge on any atom is 0.326 e. The van der Waals surface area contributed by atoms with Crippen LogP contribution in [0.25, 0.3) is 0 Å². The van der Waals surface area contributed by atoms with E-state index < -0.39 is 17.9 Å². The van der Waals surface area contributed by atoms with Gasteiger partial charge < -0.3 is 15.2 Å². The maximum atomic E-state index is 12.4. The van der Waals surface area contributed by atoms with Crippen LogP contribution in [0, 0.1) is 12.8 Å². The number of carboxylic acid groups (broad SMARTS) is 1. The number of aliphatic carboxylic acids is 1. The van der Waals surface area contributed by atoms with Crippen LogP contribution in [0.2, 0.25) is 5.02 Å². The quantitative estimate of drug-likeness (QED) is 0.764. The van der Waals surface area contributed by atoms with Crippen LogP contribution in [0.4, 0.5) is 0 Å². The number of thiazole rings is 1. The molecule has 1 unspecified atom stereocenters. The van der Waals surface area contributed by atoms with Crippen LogP contribution in [0.1, 0.15) is 34.2 Å². The summed E-state index contributed by atoms with van der Waals surface area (Å²) in [6.07, 6.45) is 0. The number of nitrogens with zero attached hydrogens (tertiary/aromatic N) is 1. The third kappa shape index (κ3) is 5.17. The standard InChI is InChI=1S/C17H19ClN2O4S/c1-9(2)14(17(22)23)20-16(21)15-10(3)19-13(25-15)8-24-12-6-4-11(18)5-7-12/h4-7,9,14H,8H2,1-3H3,(H,20,21)(H,22,23). The van der Waals surface area contributed by atoms with Gasteiger partial charge in [0.1, 0.15) is 28.3 Å². The smallest absolute Gasteiger partial charge is 0.326 e. The van der Waals surface area contributed by atoms with Gasteiger partial charge in [-0.15, -0.1) is 11.3 Å². The fraction of sp³-hybridized carbons (Fsp3) is 0.353. The highest BCUT2D eigenvalue weighted by molar-refractivity contribution is 7.13. The van der Waals surface area contributed by atoms with E-state index in [2.05, 4.69) is 10.3 Å². The third-order valence-electron chi connectivity index (χ3n) is 3.44. The zero-order valence-electron chi connectivity index (χ0n) is 14.1. The second-order valence-corrected chi connectivity index (χ2v) is 7.32. The molecule has 6 nitrogen and oxygen atoms in total. The Kier molecular flexibility index (Phi) is 6.39. The number of nitrogens with one attached hydrogen (secondary N) is 1. The highest BCUT2D eigenvalue weighted by atomic mass is 35.5. The van der Waals surface area contributed by atoms with Gasteiger partial charge in [0.15, 0.2) is 0 Å². The number of aryl methyl sites for hydroxylation is 1. The number of halogens is 1. The molecule has 0 aliphatic heterocycles. The Morgan fingerprint density at radius 1 is 1.32 bits per heavy atom. The van der Waals surface area contributed by atoms with Gasteiger partial charge in [0.25, 0.3) is 5.91 Å². The number of hydrogen-bond acceptors (Lipinski definition) is 5. The number of hydrogen-bond donors (Lipinski definition) is 2. The Balaban J connectivity index is 2.04. The molecule has 0 radical (unpaired) electrons. The largest absolute Gasteiger partial charge is 0.486 e. The van der Waals surface area contributed by atoms with Crippen molar-refractivity contribution < 1.29 is 19.4 Å². The van der Waals surface area contributed by atoms with Gasteiger partial charge in [-0.2, -0.15) is 0 Å². The molecule has 1 amide bonds. The number of benzene rings is 1. The van der Waals surface area contributed by atoms with E-state index >= 15 is 0 Å². The predicted octanol–water partition coefficient (Wildman–Crippen LogP) is 3.52. The first kappa shape index (κ1) is 19.2. The van der Waals surface area contributed by atoms with Crippen LogP contribution in [-0.2, 0) is 11.4 Å². The molecule has 0 aliphatic carbocycles. The minimum atomic E-state index is -1.06. The molecule has 1 aromatic heterocycles. The summed E-state index contributed by atoms with van der Waals surface area (Å²) in [5, 5.41) is 13.0. The van der Waals surface area contributed by atoms with E-state index in [9.17, 15) is 14.7 Å². The Morgan fingerprint density at radius 3 is 2.52 bits per heavy atom. The first-order valence-electron chi connectivity index (χ1n) is 7.66. The highest BCUT2D eigenvalue weighted by Crippen LogP contribution is 2.22. The summed E-state index contributed by atoms with van der Waals surface area (Å²) in [6, 6.07) is 6.00. The average molecular weight is 383 g/mol. The van der Waals surface area contributed by atoms with E-state index in [-0.39, 0.29) is 12.5 Å². The zero-order valence-corrected chi connectivity index (χ0v) is 15.6. The highest BCUT2D eigenvalue weighted by Gasteiger charge is 2.26. The van der Waals surface area contributed by atoms with E-state index in [1.54, 1.807) is 45.0 Å². The summed E-state index contributed by atoms with van der Waals surface area (Å²) in [7, 11) is 0. The van der Waals surface area contributed by atoms with Gasteiger partial charge in [-0.25, -0.2) is 9.78 Å². The summed E-state index contributed by atoms with van der Waals surface area (Å²) in [6.45, 7) is 5.41. The van der Waals surface area contributed by atoms with Crippen molar-refractivity contribution in [3.63, 3.8) is 0 Å². The second kappa shape index (κ2) is 8.31.